The van der Waals surface area contributed by atoms with Crippen molar-refractivity contribution in [1.29, 1.82) is 0 Å². The van der Waals surface area contributed by atoms with Crippen LogP contribution in [0, 0.1) is 0 Å². The lowest BCUT2D eigenvalue weighted by molar-refractivity contribution is -0.0354. The number of benzene rings is 1. The van der Waals surface area contributed by atoms with Crippen LogP contribution in [0.2, 0.25) is 0 Å². The number of hydrogen-bond acceptors (Lipinski definition) is 8. The number of nitrogens with zero attached hydrogens (tertiary/aromatic N) is 1. The van der Waals surface area contributed by atoms with Crippen LogP contribution < -0.4 is 9.47 Å². The molecule has 4 aliphatic rings. The monoisotopic (exact) mass is 395 g/mol. The summed E-state index contributed by atoms with van der Waals surface area (Å²) in [6.45, 7) is 0.760. The third kappa shape index (κ3) is 2.68. The molecule has 1 aromatic rings. The Bertz CT molecular complexity index is 928. The highest BCUT2D eigenvalue weighted by Gasteiger charge is 2.51. The second-order valence-electron chi connectivity index (χ2n) is 7.42. The van der Waals surface area contributed by atoms with Gasteiger partial charge in [0.1, 0.15) is 0 Å². The number of fused-ring (bicyclic) bond motifs is 8. The molecule has 146 valence electrons. The fraction of sp³-hybridized carbons (Fsp3) is 0.556. The third-order valence-corrected chi connectivity index (χ3v) is 6.40. The number of aliphatic hydroxyl groups is 1. The van der Waals surface area contributed by atoms with Crippen LogP contribution in [0.5, 0.6) is 11.5 Å². The van der Waals surface area contributed by atoms with Gasteiger partial charge in [-0.1, -0.05) is 6.08 Å². The number of ether oxygens (including phenoxy) is 3. The van der Waals surface area contributed by atoms with Gasteiger partial charge in [0, 0.05) is 31.2 Å². The zero-order chi connectivity index (χ0) is 18.9. The first-order valence-corrected chi connectivity index (χ1v) is 10.7. The maximum absolute atomic E-state index is 12.0. The lowest BCUT2D eigenvalue weighted by Gasteiger charge is -2.37. The van der Waals surface area contributed by atoms with Crippen molar-refractivity contribution >= 4 is 10.1 Å². The normalized spacial score (nSPS) is 36.2. The molecule has 0 spiro atoms. The molecule has 0 aromatic heterocycles. The van der Waals surface area contributed by atoms with E-state index in [9.17, 15) is 13.5 Å². The minimum Gasteiger partial charge on any atom is -0.454 e. The summed E-state index contributed by atoms with van der Waals surface area (Å²) in [5.74, 6) is 1.28. The van der Waals surface area contributed by atoms with Crippen LogP contribution in [0.3, 0.4) is 0 Å². The molecule has 1 fully saturated rings. The van der Waals surface area contributed by atoms with Gasteiger partial charge >= 0.3 is 0 Å². The number of hydrogen-bond donors (Lipinski definition) is 1. The van der Waals surface area contributed by atoms with E-state index in [1.54, 1.807) is 7.11 Å². The smallest absolute Gasteiger partial charge is 0.266 e. The van der Waals surface area contributed by atoms with Crippen LogP contribution in [-0.2, 0) is 19.0 Å². The van der Waals surface area contributed by atoms with E-state index in [-0.39, 0.29) is 24.9 Å². The maximum atomic E-state index is 12.0. The van der Waals surface area contributed by atoms with Gasteiger partial charge < -0.3 is 19.3 Å². The molecule has 0 saturated carbocycles. The Morgan fingerprint density at radius 1 is 1.22 bits per heavy atom. The van der Waals surface area contributed by atoms with E-state index in [1.807, 2.05) is 23.1 Å². The standard InChI is InChI=1S/C18H21NO7S/c1-23-15-6-13-10(3-14(15)20)12-7-19(13)18(26-27(2,21)22)11-5-17-16(4-9(11)12)24-8-25-17/h3-5,12-15,18,20H,6-8H2,1-2H3/t12-,13-,14-,15-,18-/m0/s1. The van der Waals surface area contributed by atoms with E-state index in [0.29, 0.717) is 24.5 Å². The fourth-order valence-electron chi connectivity index (χ4n) is 4.74. The van der Waals surface area contributed by atoms with Crippen molar-refractivity contribution in [2.24, 2.45) is 0 Å². The van der Waals surface area contributed by atoms with Crippen LogP contribution in [0.4, 0.5) is 0 Å². The summed E-state index contributed by atoms with van der Waals surface area (Å²) in [6.07, 6.45) is 1.71. The summed E-state index contributed by atoms with van der Waals surface area (Å²) in [4.78, 5) is 2.04. The van der Waals surface area contributed by atoms with Gasteiger partial charge in [0.2, 0.25) is 6.79 Å². The summed E-state index contributed by atoms with van der Waals surface area (Å²) >= 11 is 0. The quantitative estimate of drug-likeness (QED) is 0.595. The molecule has 3 heterocycles. The summed E-state index contributed by atoms with van der Waals surface area (Å²) in [5, 5.41) is 10.4. The molecule has 27 heavy (non-hydrogen) atoms. The lowest BCUT2D eigenvalue weighted by Crippen LogP contribution is -2.43. The topological polar surface area (TPSA) is 94.5 Å². The maximum Gasteiger partial charge on any atom is 0.266 e. The van der Waals surface area contributed by atoms with Crippen LogP contribution in [0.15, 0.2) is 23.8 Å². The summed E-state index contributed by atoms with van der Waals surface area (Å²) in [5.41, 5.74) is 2.80. The Balaban J connectivity index is 1.66. The van der Waals surface area contributed by atoms with Gasteiger partial charge in [0.05, 0.1) is 18.5 Å². The van der Waals surface area contributed by atoms with Crippen LogP contribution in [-0.4, -0.2) is 63.4 Å². The molecule has 1 aromatic carbocycles. The van der Waals surface area contributed by atoms with Crippen molar-refractivity contribution in [3.63, 3.8) is 0 Å². The minimum atomic E-state index is -3.69. The lowest BCUT2D eigenvalue weighted by atomic mass is 9.82. The van der Waals surface area contributed by atoms with Crippen LogP contribution in [0.1, 0.15) is 29.7 Å². The van der Waals surface area contributed by atoms with Gasteiger partial charge in [-0.25, -0.2) is 4.18 Å². The highest BCUT2D eigenvalue weighted by Crippen LogP contribution is 2.54. The van der Waals surface area contributed by atoms with Crippen molar-refractivity contribution < 1.29 is 31.9 Å². The van der Waals surface area contributed by atoms with E-state index >= 15 is 0 Å². The van der Waals surface area contributed by atoms with E-state index in [4.69, 9.17) is 18.4 Å². The Hall–Kier alpha value is -1.65. The zero-order valence-corrected chi connectivity index (χ0v) is 15.8. The molecule has 8 nitrogen and oxygen atoms in total. The number of rotatable bonds is 3. The second kappa shape index (κ2) is 5.92. The first-order chi connectivity index (χ1) is 12.9. The predicted molar refractivity (Wildman–Crippen MR) is 94.0 cm³/mol. The molecule has 1 aliphatic carbocycles. The first kappa shape index (κ1) is 17.4. The van der Waals surface area contributed by atoms with Crippen molar-refractivity contribution in [1.82, 2.24) is 4.90 Å². The molecule has 9 heteroatoms. The van der Waals surface area contributed by atoms with Gasteiger partial charge in [-0.05, 0) is 29.7 Å². The molecular weight excluding hydrogens is 374 g/mol. The minimum absolute atomic E-state index is 0.0476. The van der Waals surface area contributed by atoms with E-state index < -0.39 is 22.4 Å². The molecule has 1 unspecified atom stereocenters. The van der Waals surface area contributed by atoms with Crippen molar-refractivity contribution in [3.8, 4) is 11.5 Å². The Morgan fingerprint density at radius 2 is 1.93 bits per heavy atom. The van der Waals surface area contributed by atoms with Crippen LogP contribution in [0.25, 0.3) is 0 Å². The van der Waals surface area contributed by atoms with Crippen LogP contribution >= 0.6 is 0 Å². The number of methoxy groups -OCH3 is 1. The molecule has 0 amide bonds. The van der Waals surface area contributed by atoms with Gasteiger partial charge in [0.25, 0.3) is 10.1 Å². The van der Waals surface area contributed by atoms with Gasteiger partial charge in [-0.2, -0.15) is 8.42 Å². The predicted octanol–water partition coefficient (Wildman–Crippen LogP) is 0.877. The van der Waals surface area contributed by atoms with E-state index in [1.165, 1.54) is 0 Å². The SMILES string of the molecule is CO[C@H]1C[C@H]2C(=C[C@@H]1O)[C@H]1CN2[C@@H](OS(C)(=O)=O)c2cc3c(cc21)OCO3. The summed E-state index contributed by atoms with van der Waals surface area (Å²) < 4.78 is 45.9. The van der Waals surface area contributed by atoms with Crippen molar-refractivity contribution in [2.45, 2.75) is 36.8 Å². The second-order valence-corrected chi connectivity index (χ2v) is 9.02. The van der Waals surface area contributed by atoms with Gasteiger partial charge in [0.15, 0.2) is 17.7 Å². The average molecular weight is 395 g/mol. The zero-order valence-electron chi connectivity index (χ0n) is 15.0. The summed E-state index contributed by atoms with van der Waals surface area (Å²) in [6, 6.07) is 3.67. The molecule has 1 saturated heterocycles. The molecule has 2 bridgehead atoms. The largest absolute Gasteiger partial charge is 0.454 e. The van der Waals surface area contributed by atoms with Crippen molar-refractivity contribution in [3.05, 3.63) is 34.9 Å². The highest BCUT2D eigenvalue weighted by molar-refractivity contribution is 7.86. The van der Waals surface area contributed by atoms with Gasteiger partial charge in [-0.3, -0.25) is 4.90 Å². The first-order valence-electron chi connectivity index (χ1n) is 8.85. The third-order valence-electron chi connectivity index (χ3n) is 5.87. The Morgan fingerprint density at radius 3 is 2.59 bits per heavy atom. The summed E-state index contributed by atoms with van der Waals surface area (Å²) in [7, 11) is -2.12. The number of aliphatic hydroxyl groups excluding tert-OH is 1. The highest BCUT2D eigenvalue weighted by atomic mass is 32.2. The molecule has 6 atom stereocenters. The van der Waals surface area contributed by atoms with E-state index in [2.05, 4.69) is 0 Å². The molecule has 1 N–H and O–H groups in total. The molecule has 5 rings (SSSR count). The van der Waals surface area contributed by atoms with Crippen molar-refractivity contribution in [2.75, 3.05) is 26.7 Å². The Kier molecular flexibility index (Phi) is 3.83. The van der Waals surface area contributed by atoms with E-state index in [0.717, 1.165) is 23.0 Å². The average Bonchev–Trinajstić information content (AvgIpc) is 3.18. The molecule has 0 radical (unpaired) electrons. The molecule has 3 aliphatic heterocycles. The van der Waals surface area contributed by atoms with Gasteiger partial charge in [-0.15, -0.1) is 0 Å². The fourth-order valence-corrected chi connectivity index (χ4v) is 5.29. The Labute approximate surface area is 157 Å². The molecular formula is C18H21NO7S.